The van der Waals surface area contributed by atoms with E-state index < -0.39 is 0 Å². The molecule has 22 heavy (non-hydrogen) atoms. The van der Waals surface area contributed by atoms with Gasteiger partial charge in [0.1, 0.15) is 0 Å². The van der Waals surface area contributed by atoms with Crippen molar-refractivity contribution in [2.45, 2.75) is 44.7 Å². The summed E-state index contributed by atoms with van der Waals surface area (Å²) in [5.74, 6) is 1.24. The van der Waals surface area contributed by atoms with Crippen molar-refractivity contribution in [1.82, 2.24) is 20.2 Å². The summed E-state index contributed by atoms with van der Waals surface area (Å²) in [4.78, 5) is 12.6. The van der Waals surface area contributed by atoms with Gasteiger partial charge in [-0.15, -0.1) is 5.10 Å². The van der Waals surface area contributed by atoms with Crippen LogP contribution in [0.4, 0.5) is 0 Å². The molecule has 118 valence electrons. The van der Waals surface area contributed by atoms with E-state index in [-0.39, 0.29) is 5.78 Å². The fraction of sp³-hybridized carbons (Fsp3) is 0.500. The van der Waals surface area contributed by atoms with Crippen LogP contribution in [0, 0.1) is 0 Å². The van der Waals surface area contributed by atoms with E-state index in [9.17, 15) is 4.79 Å². The van der Waals surface area contributed by atoms with Gasteiger partial charge in [-0.25, -0.2) is 4.68 Å². The predicted octanol–water partition coefficient (Wildman–Crippen LogP) is 3.43. The Bertz CT molecular complexity index is 664. The molecule has 0 atom stereocenters. The molecule has 6 heteroatoms. The number of ketones is 1. The van der Waals surface area contributed by atoms with Crippen LogP contribution < -0.4 is 0 Å². The molecule has 0 unspecified atom stereocenters. The smallest absolute Gasteiger partial charge is 0.209 e. The summed E-state index contributed by atoms with van der Waals surface area (Å²) in [5.41, 5.74) is 3.19. The van der Waals surface area contributed by atoms with Crippen LogP contribution in [0.2, 0.25) is 0 Å². The molecule has 0 fully saturated rings. The van der Waals surface area contributed by atoms with E-state index in [1.54, 1.807) is 11.7 Å². The third kappa shape index (κ3) is 3.74. The van der Waals surface area contributed by atoms with Crippen LogP contribution in [0.5, 0.6) is 0 Å². The van der Waals surface area contributed by atoms with Crippen molar-refractivity contribution in [3.63, 3.8) is 0 Å². The highest BCUT2D eigenvalue weighted by Crippen LogP contribution is 2.26. The Balaban J connectivity index is 2.20. The van der Waals surface area contributed by atoms with Crippen molar-refractivity contribution in [1.29, 1.82) is 0 Å². The molecule has 0 bridgehead atoms. The minimum absolute atomic E-state index is 0.118. The topological polar surface area (TPSA) is 60.7 Å². The Morgan fingerprint density at radius 1 is 1.23 bits per heavy atom. The number of rotatable bonds is 6. The van der Waals surface area contributed by atoms with Gasteiger partial charge >= 0.3 is 0 Å². The molecule has 0 amide bonds. The molecule has 0 radical (unpaired) electrons. The van der Waals surface area contributed by atoms with E-state index in [1.165, 1.54) is 17.3 Å². The second-order valence-electron chi connectivity index (χ2n) is 5.95. The maximum Gasteiger partial charge on any atom is 0.209 e. The first-order chi connectivity index (χ1) is 10.4. The highest BCUT2D eigenvalue weighted by molar-refractivity contribution is 7.99. The summed E-state index contributed by atoms with van der Waals surface area (Å²) < 4.78 is 1.57. The first-order valence-electron chi connectivity index (χ1n) is 7.42. The number of aromatic nitrogens is 4. The lowest BCUT2D eigenvalue weighted by Crippen LogP contribution is -2.09. The van der Waals surface area contributed by atoms with Gasteiger partial charge in [0.2, 0.25) is 5.16 Å². The Kier molecular flexibility index (Phi) is 5.34. The third-order valence-electron chi connectivity index (χ3n) is 3.58. The van der Waals surface area contributed by atoms with Crippen molar-refractivity contribution in [2.75, 3.05) is 5.75 Å². The van der Waals surface area contributed by atoms with Crippen LogP contribution in [0.25, 0.3) is 0 Å². The largest absolute Gasteiger partial charge is 0.293 e. The maximum atomic E-state index is 12.6. The van der Waals surface area contributed by atoms with Crippen LogP contribution in [-0.2, 0) is 7.05 Å². The molecule has 0 aliphatic rings. The van der Waals surface area contributed by atoms with E-state index in [4.69, 9.17) is 0 Å². The fourth-order valence-electron chi connectivity index (χ4n) is 2.22. The number of carbonyl (C=O) groups is 1. The molecule has 0 N–H and O–H groups in total. The van der Waals surface area contributed by atoms with E-state index in [0.717, 1.165) is 11.1 Å². The predicted molar refractivity (Wildman–Crippen MR) is 88.5 cm³/mol. The molecule has 0 aliphatic carbocycles. The van der Waals surface area contributed by atoms with Gasteiger partial charge in [0.05, 0.1) is 5.75 Å². The van der Waals surface area contributed by atoms with Crippen LogP contribution in [0.3, 0.4) is 0 Å². The zero-order chi connectivity index (χ0) is 16.3. The van der Waals surface area contributed by atoms with Gasteiger partial charge in [0, 0.05) is 12.6 Å². The van der Waals surface area contributed by atoms with E-state index >= 15 is 0 Å². The summed E-state index contributed by atoms with van der Waals surface area (Å²) in [6, 6.07) is 6.18. The first-order valence-corrected chi connectivity index (χ1v) is 8.41. The van der Waals surface area contributed by atoms with E-state index in [1.807, 2.05) is 6.07 Å². The van der Waals surface area contributed by atoms with Gasteiger partial charge in [0.15, 0.2) is 5.78 Å². The van der Waals surface area contributed by atoms with Gasteiger partial charge in [-0.2, -0.15) is 0 Å². The molecule has 1 heterocycles. The Labute approximate surface area is 135 Å². The molecule has 0 aliphatic heterocycles. The lowest BCUT2D eigenvalue weighted by molar-refractivity contribution is 0.102. The third-order valence-corrected chi connectivity index (χ3v) is 4.59. The number of tetrazole rings is 1. The standard InChI is InChI=1S/C16H22N4OS/c1-10(2)12-6-7-13(14(8-12)11(3)4)15(21)9-22-16-17-18-19-20(16)5/h6-8,10-11H,9H2,1-5H3. The van der Waals surface area contributed by atoms with Crippen molar-refractivity contribution in [2.24, 2.45) is 7.05 Å². The Morgan fingerprint density at radius 2 is 1.95 bits per heavy atom. The summed E-state index contributed by atoms with van der Waals surface area (Å²) >= 11 is 1.36. The van der Waals surface area contributed by atoms with Crippen molar-refractivity contribution >= 4 is 17.5 Å². The van der Waals surface area contributed by atoms with E-state index in [0.29, 0.717) is 22.7 Å². The average Bonchev–Trinajstić information content (AvgIpc) is 2.89. The van der Waals surface area contributed by atoms with Crippen LogP contribution >= 0.6 is 11.8 Å². The normalized spacial score (nSPS) is 11.4. The monoisotopic (exact) mass is 318 g/mol. The summed E-state index contributed by atoms with van der Waals surface area (Å²) in [6.07, 6.45) is 0. The maximum absolute atomic E-state index is 12.6. The molecule has 2 rings (SSSR count). The second-order valence-corrected chi connectivity index (χ2v) is 6.90. The number of hydrogen-bond acceptors (Lipinski definition) is 5. The van der Waals surface area contributed by atoms with Crippen LogP contribution in [-0.4, -0.2) is 31.7 Å². The highest BCUT2D eigenvalue weighted by atomic mass is 32.2. The molecule has 1 aromatic heterocycles. The Morgan fingerprint density at radius 3 is 2.50 bits per heavy atom. The number of benzene rings is 1. The van der Waals surface area contributed by atoms with Gasteiger partial charge in [-0.1, -0.05) is 57.7 Å². The number of aryl methyl sites for hydroxylation is 1. The highest BCUT2D eigenvalue weighted by Gasteiger charge is 2.16. The summed E-state index contributed by atoms with van der Waals surface area (Å²) in [6.45, 7) is 8.57. The van der Waals surface area contributed by atoms with E-state index in [2.05, 4.69) is 55.4 Å². The second kappa shape index (κ2) is 7.05. The molecule has 0 saturated heterocycles. The molecule has 5 nitrogen and oxygen atoms in total. The zero-order valence-corrected chi connectivity index (χ0v) is 14.5. The number of carbonyl (C=O) groups excluding carboxylic acids is 1. The minimum atomic E-state index is 0.118. The van der Waals surface area contributed by atoms with Gasteiger partial charge in [0.25, 0.3) is 0 Å². The average molecular weight is 318 g/mol. The Hall–Kier alpha value is -1.69. The van der Waals surface area contributed by atoms with Crippen molar-refractivity contribution < 1.29 is 4.79 Å². The minimum Gasteiger partial charge on any atom is -0.293 e. The van der Waals surface area contributed by atoms with Crippen molar-refractivity contribution in [3.8, 4) is 0 Å². The van der Waals surface area contributed by atoms with Gasteiger partial charge in [-0.05, 0) is 33.4 Å². The summed E-state index contributed by atoms with van der Waals surface area (Å²) in [5, 5.41) is 11.9. The van der Waals surface area contributed by atoms with Crippen LogP contribution in [0.1, 0.15) is 61.0 Å². The number of nitrogens with zero attached hydrogens (tertiary/aromatic N) is 4. The van der Waals surface area contributed by atoms with Gasteiger partial charge in [-0.3, -0.25) is 4.79 Å². The summed E-state index contributed by atoms with van der Waals surface area (Å²) in [7, 11) is 1.77. The van der Waals surface area contributed by atoms with Gasteiger partial charge < -0.3 is 0 Å². The lowest BCUT2D eigenvalue weighted by atomic mass is 9.90. The molecule has 1 aromatic carbocycles. The molecule has 0 saturated carbocycles. The number of Topliss-reactive ketones (excluding diaryl/α,β-unsaturated/α-hetero) is 1. The van der Waals surface area contributed by atoms with Crippen molar-refractivity contribution in [3.05, 3.63) is 34.9 Å². The zero-order valence-electron chi connectivity index (χ0n) is 13.7. The fourth-order valence-corrected chi connectivity index (χ4v) is 2.96. The first kappa shape index (κ1) is 16.7. The van der Waals surface area contributed by atoms with Crippen LogP contribution in [0.15, 0.2) is 23.4 Å². The number of thioether (sulfide) groups is 1. The molecular formula is C16H22N4OS. The molecule has 2 aromatic rings. The molecular weight excluding hydrogens is 296 g/mol. The molecule has 0 spiro atoms. The quantitative estimate of drug-likeness (QED) is 0.603. The SMILES string of the molecule is CC(C)c1ccc(C(=O)CSc2nnnn2C)c(C(C)C)c1. The number of hydrogen-bond donors (Lipinski definition) is 0. The lowest BCUT2D eigenvalue weighted by Gasteiger charge is -2.15.